The van der Waals surface area contributed by atoms with E-state index in [1.165, 1.54) is 11.3 Å². The lowest BCUT2D eigenvalue weighted by Crippen LogP contribution is -2.35. The Labute approximate surface area is 173 Å². The summed E-state index contributed by atoms with van der Waals surface area (Å²) in [6.45, 7) is 4.25. The van der Waals surface area contributed by atoms with Gasteiger partial charge in [0.1, 0.15) is 5.01 Å². The molecule has 8 heteroatoms. The van der Waals surface area contributed by atoms with Crippen LogP contribution in [0.5, 0.6) is 0 Å². The molecule has 1 aliphatic heterocycles. The SMILES string of the molecule is CCOC(=O)c1ccc2nc(-c3cnc(N4CCC(CCO)CC4)nc3)sc2c1. The minimum atomic E-state index is -0.320. The molecule has 1 aliphatic rings. The molecule has 0 aliphatic carbocycles. The Balaban J connectivity index is 1.49. The largest absolute Gasteiger partial charge is 0.462 e. The van der Waals surface area contributed by atoms with Crippen LogP contribution < -0.4 is 4.90 Å². The Morgan fingerprint density at radius 2 is 2.03 bits per heavy atom. The number of thiazole rings is 1. The Hall–Kier alpha value is -2.58. The van der Waals surface area contributed by atoms with Crippen LogP contribution in [-0.2, 0) is 4.74 Å². The van der Waals surface area contributed by atoms with Gasteiger partial charge < -0.3 is 14.7 Å². The number of carbonyl (C=O) groups is 1. The second-order valence-electron chi connectivity index (χ2n) is 7.14. The third-order valence-electron chi connectivity index (χ3n) is 5.22. The van der Waals surface area contributed by atoms with E-state index in [4.69, 9.17) is 9.84 Å². The summed E-state index contributed by atoms with van der Waals surface area (Å²) in [5.41, 5.74) is 2.24. The highest BCUT2D eigenvalue weighted by molar-refractivity contribution is 7.21. The lowest BCUT2D eigenvalue weighted by molar-refractivity contribution is 0.0526. The summed E-state index contributed by atoms with van der Waals surface area (Å²) in [6, 6.07) is 5.40. The van der Waals surface area contributed by atoms with E-state index in [0.717, 1.165) is 59.1 Å². The molecule has 3 heterocycles. The number of rotatable bonds is 6. The molecule has 1 saturated heterocycles. The zero-order valence-electron chi connectivity index (χ0n) is 16.4. The second-order valence-corrected chi connectivity index (χ2v) is 8.17. The predicted molar refractivity (Wildman–Crippen MR) is 113 cm³/mol. The van der Waals surface area contributed by atoms with Crippen LogP contribution in [0.2, 0.25) is 0 Å². The van der Waals surface area contributed by atoms with E-state index in [0.29, 0.717) is 18.1 Å². The molecular weight excluding hydrogens is 388 g/mol. The zero-order valence-corrected chi connectivity index (χ0v) is 17.2. The first-order valence-electron chi connectivity index (χ1n) is 9.94. The average Bonchev–Trinajstić information content (AvgIpc) is 3.18. The summed E-state index contributed by atoms with van der Waals surface area (Å²) in [4.78, 5) is 27.9. The number of nitrogens with zero attached hydrogens (tertiary/aromatic N) is 4. The monoisotopic (exact) mass is 412 g/mol. The number of aliphatic hydroxyl groups is 1. The van der Waals surface area contributed by atoms with Crippen molar-refractivity contribution in [2.45, 2.75) is 26.2 Å². The standard InChI is InChI=1S/C21H24N4O3S/c1-2-28-20(27)15-3-4-17-18(11-15)29-19(24-17)16-12-22-21(23-13-16)25-8-5-14(6-9-25)7-10-26/h3-4,11-14,26H,2,5-10H2,1H3. The first-order valence-corrected chi connectivity index (χ1v) is 10.8. The molecule has 1 fully saturated rings. The Morgan fingerprint density at radius 1 is 1.28 bits per heavy atom. The molecule has 152 valence electrons. The fourth-order valence-corrected chi connectivity index (χ4v) is 4.57. The van der Waals surface area contributed by atoms with Gasteiger partial charge in [-0.05, 0) is 50.3 Å². The van der Waals surface area contributed by atoms with Gasteiger partial charge >= 0.3 is 5.97 Å². The topological polar surface area (TPSA) is 88.4 Å². The molecule has 0 spiro atoms. The summed E-state index contributed by atoms with van der Waals surface area (Å²) in [6.07, 6.45) is 6.63. The molecule has 0 atom stereocenters. The third kappa shape index (κ3) is 4.38. The van der Waals surface area contributed by atoms with Gasteiger partial charge in [0.15, 0.2) is 0 Å². The van der Waals surface area contributed by atoms with E-state index in [1.807, 2.05) is 24.5 Å². The number of carbonyl (C=O) groups excluding carboxylic acids is 1. The minimum absolute atomic E-state index is 0.263. The highest BCUT2D eigenvalue weighted by Crippen LogP contribution is 2.31. The van der Waals surface area contributed by atoms with E-state index in [-0.39, 0.29) is 12.6 Å². The summed E-state index contributed by atoms with van der Waals surface area (Å²) in [5, 5.41) is 9.92. The zero-order chi connectivity index (χ0) is 20.2. The van der Waals surface area contributed by atoms with Gasteiger partial charge in [0, 0.05) is 37.7 Å². The molecular formula is C21H24N4O3S. The van der Waals surface area contributed by atoms with Gasteiger partial charge in [-0.15, -0.1) is 11.3 Å². The van der Waals surface area contributed by atoms with Crippen molar-refractivity contribution >= 4 is 33.5 Å². The molecule has 0 amide bonds. The summed E-state index contributed by atoms with van der Waals surface area (Å²) in [7, 11) is 0. The van der Waals surface area contributed by atoms with Crippen molar-refractivity contribution in [3.8, 4) is 10.6 Å². The van der Waals surface area contributed by atoms with Crippen molar-refractivity contribution in [3.63, 3.8) is 0 Å². The first kappa shape index (κ1) is 19.7. The van der Waals surface area contributed by atoms with Gasteiger partial charge in [-0.3, -0.25) is 0 Å². The molecule has 1 aromatic carbocycles. The van der Waals surface area contributed by atoms with Gasteiger partial charge in [-0.1, -0.05) is 0 Å². The van der Waals surface area contributed by atoms with E-state index >= 15 is 0 Å². The number of piperidine rings is 1. The smallest absolute Gasteiger partial charge is 0.338 e. The van der Waals surface area contributed by atoms with E-state index < -0.39 is 0 Å². The first-order chi connectivity index (χ1) is 14.2. The number of hydrogen-bond acceptors (Lipinski definition) is 8. The lowest BCUT2D eigenvalue weighted by atomic mass is 9.94. The van der Waals surface area contributed by atoms with Crippen molar-refractivity contribution in [3.05, 3.63) is 36.2 Å². The van der Waals surface area contributed by atoms with E-state index in [9.17, 15) is 4.79 Å². The molecule has 2 aromatic heterocycles. The van der Waals surface area contributed by atoms with Crippen molar-refractivity contribution < 1.29 is 14.6 Å². The second kappa shape index (κ2) is 8.84. The van der Waals surface area contributed by atoms with Gasteiger partial charge in [0.2, 0.25) is 5.95 Å². The lowest BCUT2D eigenvalue weighted by Gasteiger charge is -2.31. The normalized spacial score (nSPS) is 15.0. The highest BCUT2D eigenvalue weighted by Gasteiger charge is 2.20. The molecule has 0 saturated carbocycles. The van der Waals surface area contributed by atoms with Crippen molar-refractivity contribution in [1.29, 1.82) is 0 Å². The minimum Gasteiger partial charge on any atom is -0.462 e. The summed E-state index contributed by atoms with van der Waals surface area (Å²) in [5.74, 6) is 1.01. The fraction of sp³-hybridized carbons (Fsp3) is 0.429. The van der Waals surface area contributed by atoms with Crippen LogP contribution in [0.15, 0.2) is 30.6 Å². The number of ether oxygens (including phenoxy) is 1. The van der Waals surface area contributed by atoms with E-state index in [2.05, 4.69) is 19.9 Å². The van der Waals surface area contributed by atoms with Gasteiger partial charge in [0.25, 0.3) is 0 Å². The van der Waals surface area contributed by atoms with Crippen molar-refractivity contribution in [1.82, 2.24) is 15.0 Å². The van der Waals surface area contributed by atoms with Gasteiger partial charge in [0.05, 0.1) is 22.4 Å². The summed E-state index contributed by atoms with van der Waals surface area (Å²) >= 11 is 1.51. The van der Waals surface area contributed by atoms with Crippen molar-refractivity contribution in [2.75, 3.05) is 31.2 Å². The van der Waals surface area contributed by atoms with Crippen LogP contribution in [0.3, 0.4) is 0 Å². The maximum absolute atomic E-state index is 11.9. The van der Waals surface area contributed by atoms with Gasteiger partial charge in [-0.25, -0.2) is 19.7 Å². The van der Waals surface area contributed by atoms with Crippen LogP contribution in [0.1, 0.15) is 36.5 Å². The number of benzene rings is 1. The van der Waals surface area contributed by atoms with Crippen LogP contribution in [-0.4, -0.2) is 52.3 Å². The molecule has 0 unspecified atom stereocenters. The quantitative estimate of drug-likeness (QED) is 0.620. The summed E-state index contributed by atoms with van der Waals surface area (Å²) < 4.78 is 6.00. The molecule has 29 heavy (non-hydrogen) atoms. The predicted octanol–water partition coefficient (Wildman–Crippen LogP) is 3.53. The number of esters is 1. The van der Waals surface area contributed by atoms with Gasteiger partial charge in [-0.2, -0.15) is 0 Å². The molecule has 0 radical (unpaired) electrons. The van der Waals surface area contributed by atoms with Crippen LogP contribution >= 0.6 is 11.3 Å². The number of fused-ring (bicyclic) bond motifs is 1. The number of hydrogen-bond donors (Lipinski definition) is 1. The van der Waals surface area contributed by atoms with E-state index in [1.54, 1.807) is 13.0 Å². The van der Waals surface area contributed by atoms with Crippen LogP contribution in [0.4, 0.5) is 5.95 Å². The molecule has 1 N–H and O–H groups in total. The molecule has 0 bridgehead atoms. The highest BCUT2D eigenvalue weighted by atomic mass is 32.1. The average molecular weight is 413 g/mol. The fourth-order valence-electron chi connectivity index (χ4n) is 3.59. The third-order valence-corrected chi connectivity index (χ3v) is 6.29. The van der Waals surface area contributed by atoms with Crippen LogP contribution in [0.25, 0.3) is 20.8 Å². The number of aromatic nitrogens is 3. The number of anilines is 1. The van der Waals surface area contributed by atoms with Crippen LogP contribution in [0, 0.1) is 5.92 Å². The number of aliphatic hydroxyl groups excluding tert-OH is 1. The maximum atomic E-state index is 11.9. The maximum Gasteiger partial charge on any atom is 0.338 e. The Morgan fingerprint density at radius 3 is 2.72 bits per heavy atom. The molecule has 4 rings (SSSR count). The Bertz CT molecular complexity index is 981. The molecule has 3 aromatic rings. The Kier molecular flexibility index (Phi) is 6.01. The molecule has 7 nitrogen and oxygen atoms in total. The van der Waals surface area contributed by atoms with Crippen molar-refractivity contribution in [2.24, 2.45) is 5.92 Å².